The molecular formula is C28H27F3N6O2. The summed E-state index contributed by atoms with van der Waals surface area (Å²) in [5.74, 6) is 0.932. The number of para-hydroxylation sites is 2. The molecule has 1 saturated heterocycles. The minimum absolute atomic E-state index is 0.191. The number of halogens is 3. The zero-order valence-electron chi connectivity index (χ0n) is 21.3. The first-order chi connectivity index (χ1) is 18.9. The van der Waals surface area contributed by atoms with Gasteiger partial charge in [-0.2, -0.15) is 13.2 Å². The summed E-state index contributed by atoms with van der Waals surface area (Å²) in [5.41, 5.74) is 4.49. The maximum absolute atomic E-state index is 13.0. The van der Waals surface area contributed by atoms with Crippen LogP contribution in [0, 0.1) is 0 Å². The summed E-state index contributed by atoms with van der Waals surface area (Å²) in [4.78, 5) is 19.0. The molecule has 6 rings (SSSR count). The van der Waals surface area contributed by atoms with Crippen LogP contribution in [0.3, 0.4) is 0 Å². The van der Waals surface area contributed by atoms with E-state index in [1.807, 2.05) is 36.4 Å². The van der Waals surface area contributed by atoms with Gasteiger partial charge in [-0.15, -0.1) is 0 Å². The van der Waals surface area contributed by atoms with Gasteiger partial charge in [-0.25, -0.2) is 9.97 Å². The van der Waals surface area contributed by atoms with E-state index in [1.54, 1.807) is 25.3 Å². The van der Waals surface area contributed by atoms with Gasteiger partial charge in [0.1, 0.15) is 35.0 Å². The van der Waals surface area contributed by atoms with Crippen molar-refractivity contribution < 1.29 is 22.6 Å². The molecular weight excluding hydrogens is 509 g/mol. The molecule has 0 unspecified atom stereocenters. The summed E-state index contributed by atoms with van der Waals surface area (Å²) in [6.45, 7) is 4.34. The van der Waals surface area contributed by atoms with Crippen molar-refractivity contribution in [3.63, 3.8) is 0 Å². The van der Waals surface area contributed by atoms with E-state index in [2.05, 4.69) is 30.8 Å². The van der Waals surface area contributed by atoms with Gasteiger partial charge < -0.3 is 24.3 Å². The molecule has 2 N–H and O–H groups in total. The van der Waals surface area contributed by atoms with E-state index < -0.39 is 12.0 Å². The highest BCUT2D eigenvalue weighted by molar-refractivity contribution is 5.91. The molecule has 0 radical (unpaired) electrons. The number of rotatable bonds is 7. The minimum atomic E-state index is -4.53. The van der Waals surface area contributed by atoms with Gasteiger partial charge in [0.05, 0.1) is 23.8 Å². The Hall–Kier alpha value is -4.25. The zero-order valence-corrected chi connectivity index (χ0v) is 21.3. The number of piperazine rings is 1. The van der Waals surface area contributed by atoms with E-state index in [1.165, 1.54) is 0 Å². The average molecular weight is 537 g/mol. The fraction of sp³-hybridized carbons (Fsp3) is 0.286. The molecule has 1 fully saturated rings. The van der Waals surface area contributed by atoms with E-state index >= 15 is 0 Å². The first-order valence-corrected chi connectivity index (χ1v) is 12.7. The summed E-state index contributed by atoms with van der Waals surface area (Å²) < 4.78 is 50.2. The highest BCUT2D eigenvalue weighted by Gasteiger charge is 2.35. The number of ether oxygens (including phenoxy) is 2. The van der Waals surface area contributed by atoms with Crippen LogP contribution in [0.15, 0.2) is 60.7 Å². The predicted octanol–water partition coefficient (Wildman–Crippen LogP) is 5.33. The number of hydrogen-bond donors (Lipinski definition) is 2. The average Bonchev–Trinajstić information content (AvgIpc) is 3.59. The molecule has 0 saturated carbocycles. The Morgan fingerprint density at radius 2 is 1.56 bits per heavy atom. The molecule has 39 heavy (non-hydrogen) atoms. The van der Waals surface area contributed by atoms with Crippen molar-refractivity contribution in [2.45, 2.75) is 6.18 Å². The Labute approximate surface area is 222 Å². The fourth-order valence-electron chi connectivity index (χ4n) is 4.91. The summed E-state index contributed by atoms with van der Waals surface area (Å²) in [6.07, 6.45) is -4.53. The molecule has 0 bridgehead atoms. The maximum Gasteiger partial charge on any atom is 0.449 e. The third kappa shape index (κ3) is 5.09. The van der Waals surface area contributed by atoms with E-state index in [0.717, 1.165) is 60.0 Å². The second-order valence-corrected chi connectivity index (χ2v) is 9.40. The van der Waals surface area contributed by atoms with E-state index in [-0.39, 0.29) is 5.52 Å². The topological polar surface area (TPSA) is 82.3 Å². The van der Waals surface area contributed by atoms with Crippen LogP contribution in [0.4, 0.5) is 18.9 Å². The summed E-state index contributed by atoms with van der Waals surface area (Å²) in [6, 6.07) is 18.8. The molecule has 0 spiro atoms. The molecule has 1 aliphatic heterocycles. The van der Waals surface area contributed by atoms with Crippen LogP contribution in [0.5, 0.6) is 11.5 Å². The molecule has 202 valence electrons. The van der Waals surface area contributed by atoms with Gasteiger partial charge in [0, 0.05) is 38.3 Å². The number of nitrogens with one attached hydrogen (secondary N) is 2. The number of hydrogen-bond acceptors (Lipinski definition) is 6. The highest BCUT2D eigenvalue weighted by Crippen LogP contribution is 2.32. The Balaban J connectivity index is 1.08. The first kappa shape index (κ1) is 25.1. The smallest absolute Gasteiger partial charge is 0.449 e. The molecule has 0 atom stereocenters. The van der Waals surface area contributed by atoms with Crippen molar-refractivity contribution in [1.29, 1.82) is 0 Å². The molecule has 8 nitrogen and oxygen atoms in total. The Kier molecular flexibility index (Phi) is 6.51. The van der Waals surface area contributed by atoms with Crippen LogP contribution in [-0.4, -0.2) is 71.3 Å². The van der Waals surface area contributed by atoms with Gasteiger partial charge in [-0.05, 0) is 48.5 Å². The number of alkyl halides is 3. The van der Waals surface area contributed by atoms with Gasteiger partial charge in [0.25, 0.3) is 0 Å². The number of H-pyrrole nitrogens is 2. The number of nitrogens with zero attached hydrogens (tertiary/aromatic N) is 4. The molecule has 3 heterocycles. The van der Waals surface area contributed by atoms with Gasteiger partial charge >= 0.3 is 6.18 Å². The third-order valence-corrected chi connectivity index (χ3v) is 6.98. The van der Waals surface area contributed by atoms with Crippen LogP contribution >= 0.6 is 0 Å². The van der Waals surface area contributed by atoms with Crippen LogP contribution < -0.4 is 14.4 Å². The minimum Gasteiger partial charge on any atom is -0.497 e. The van der Waals surface area contributed by atoms with Crippen molar-refractivity contribution in [3.8, 4) is 22.9 Å². The predicted molar refractivity (Wildman–Crippen MR) is 143 cm³/mol. The molecule has 0 aliphatic carbocycles. The van der Waals surface area contributed by atoms with Gasteiger partial charge in [0.15, 0.2) is 0 Å². The van der Waals surface area contributed by atoms with E-state index in [4.69, 9.17) is 14.5 Å². The number of aromatic nitrogens is 4. The number of aromatic amines is 2. The number of fused-ring (bicyclic) bond motifs is 2. The molecule has 0 amide bonds. The van der Waals surface area contributed by atoms with Crippen LogP contribution in [-0.2, 0) is 6.18 Å². The van der Waals surface area contributed by atoms with Gasteiger partial charge in [0.2, 0.25) is 5.82 Å². The molecule has 1 aliphatic rings. The van der Waals surface area contributed by atoms with Crippen molar-refractivity contribution in [2.75, 3.05) is 51.3 Å². The number of anilines is 1. The lowest BCUT2D eigenvalue weighted by Crippen LogP contribution is -2.47. The Morgan fingerprint density at radius 1 is 0.846 bits per heavy atom. The quantitative estimate of drug-likeness (QED) is 0.293. The SMILES string of the molecule is COc1ccc(-c2nc3c(N4CCN(CCOc5cccc6[nH]c(C(F)(F)F)nc56)CC4)cccc3[nH]2)cc1. The van der Waals surface area contributed by atoms with Crippen molar-refractivity contribution in [3.05, 3.63) is 66.5 Å². The fourth-order valence-corrected chi connectivity index (χ4v) is 4.91. The largest absolute Gasteiger partial charge is 0.497 e. The summed E-state index contributed by atoms with van der Waals surface area (Å²) in [5, 5.41) is 0. The standard InChI is InChI=1S/C28H27F3N6O2/c1-38-19-10-8-18(9-11-19)26-32-20-4-2-6-22(24(20)34-26)37-14-12-36(13-15-37)16-17-39-23-7-3-5-21-25(23)35-27(33-21)28(29,30)31/h2-11H,12-17H2,1H3,(H,32,34)(H,33,35). The van der Waals surface area contributed by atoms with Gasteiger partial charge in [-0.1, -0.05) is 12.1 Å². The number of benzene rings is 3. The highest BCUT2D eigenvalue weighted by atomic mass is 19.4. The molecule has 2 aromatic heterocycles. The van der Waals surface area contributed by atoms with E-state index in [0.29, 0.717) is 24.4 Å². The lowest BCUT2D eigenvalue weighted by Gasteiger charge is -2.36. The van der Waals surface area contributed by atoms with Gasteiger partial charge in [-0.3, -0.25) is 4.90 Å². The van der Waals surface area contributed by atoms with Crippen molar-refractivity contribution in [1.82, 2.24) is 24.8 Å². The maximum atomic E-state index is 13.0. The lowest BCUT2D eigenvalue weighted by molar-refractivity contribution is -0.144. The second-order valence-electron chi connectivity index (χ2n) is 9.40. The Bertz CT molecular complexity index is 1590. The second kappa shape index (κ2) is 10.1. The molecule has 3 aromatic carbocycles. The van der Waals surface area contributed by atoms with Crippen LogP contribution in [0.1, 0.15) is 5.82 Å². The number of imidazole rings is 2. The van der Waals surface area contributed by atoms with E-state index in [9.17, 15) is 13.2 Å². The van der Waals surface area contributed by atoms with Crippen molar-refractivity contribution >= 4 is 27.8 Å². The summed E-state index contributed by atoms with van der Waals surface area (Å²) in [7, 11) is 1.65. The van der Waals surface area contributed by atoms with Crippen LogP contribution in [0.2, 0.25) is 0 Å². The third-order valence-electron chi connectivity index (χ3n) is 6.98. The molecule has 5 aromatic rings. The number of methoxy groups -OCH3 is 1. The first-order valence-electron chi connectivity index (χ1n) is 12.7. The lowest BCUT2D eigenvalue weighted by atomic mass is 10.2. The van der Waals surface area contributed by atoms with Crippen LogP contribution in [0.25, 0.3) is 33.5 Å². The van der Waals surface area contributed by atoms with Crippen molar-refractivity contribution in [2.24, 2.45) is 0 Å². The molecule has 11 heteroatoms. The normalized spacial score (nSPS) is 14.8. The monoisotopic (exact) mass is 536 g/mol. The summed E-state index contributed by atoms with van der Waals surface area (Å²) >= 11 is 0. The Morgan fingerprint density at radius 3 is 2.28 bits per heavy atom. The zero-order chi connectivity index (χ0) is 27.0.